The number of aromatic amines is 1. The summed E-state index contributed by atoms with van der Waals surface area (Å²) < 4.78 is 25.1. The second kappa shape index (κ2) is 4.78. The molecule has 6 heteroatoms. The maximum absolute atomic E-state index is 11.9. The van der Waals surface area contributed by atoms with Crippen molar-refractivity contribution in [2.75, 3.05) is 34.2 Å². The third kappa shape index (κ3) is 3.05. The summed E-state index contributed by atoms with van der Waals surface area (Å²) in [6, 6.07) is 1.56. The Balaban J connectivity index is 2.71. The van der Waals surface area contributed by atoms with Crippen LogP contribution in [0.5, 0.6) is 0 Å². The monoisotopic (exact) mass is 231 g/mol. The molecule has 86 valence electrons. The Bertz CT molecular complexity index is 383. The largest absolute Gasteiger partial charge is 0.366 e. The Labute approximate surface area is 90.7 Å². The summed E-state index contributed by atoms with van der Waals surface area (Å²) in [4.78, 5) is 5.00. The van der Waals surface area contributed by atoms with E-state index in [-0.39, 0.29) is 0 Å². The van der Waals surface area contributed by atoms with E-state index in [2.05, 4.69) is 4.98 Å². The van der Waals surface area contributed by atoms with Crippen LogP contribution in [0.3, 0.4) is 0 Å². The molecule has 0 unspecified atom stereocenters. The van der Waals surface area contributed by atoms with Gasteiger partial charge in [0.2, 0.25) is 10.0 Å². The second-order valence-corrected chi connectivity index (χ2v) is 5.72. The van der Waals surface area contributed by atoms with E-state index in [4.69, 9.17) is 0 Å². The Morgan fingerprint density at radius 3 is 2.40 bits per heavy atom. The predicted molar refractivity (Wildman–Crippen MR) is 59.2 cm³/mol. The fourth-order valence-corrected chi connectivity index (χ4v) is 2.25. The van der Waals surface area contributed by atoms with Gasteiger partial charge in [0.15, 0.2) is 0 Å². The number of hydrogen-bond donors (Lipinski definition) is 1. The lowest BCUT2D eigenvalue weighted by atomic mass is 10.6. The molecule has 0 aliphatic heterocycles. The highest BCUT2D eigenvalue weighted by Crippen LogP contribution is 2.12. The lowest BCUT2D eigenvalue weighted by molar-refractivity contribution is 0.358. The van der Waals surface area contributed by atoms with Gasteiger partial charge in [-0.05, 0) is 20.2 Å². The van der Waals surface area contributed by atoms with Crippen LogP contribution in [0.25, 0.3) is 0 Å². The van der Waals surface area contributed by atoms with Gasteiger partial charge in [0, 0.05) is 32.5 Å². The van der Waals surface area contributed by atoms with Crippen molar-refractivity contribution in [2.45, 2.75) is 4.90 Å². The Hall–Kier alpha value is -0.850. The molecule has 0 amide bonds. The van der Waals surface area contributed by atoms with Gasteiger partial charge in [-0.1, -0.05) is 0 Å². The Morgan fingerprint density at radius 2 is 1.93 bits per heavy atom. The molecule has 0 aliphatic carbocycles. The van der Waals surface area contributed by atoms with E-state index in [0.29, 0.717) is 18.0 Å². The number of hydrogen-bond acceptors (Lipinski definition) is 3. The van der Waals surface area contributed by atoms with Crippen molar-refractivity contribution >= 4 is 10.0 Å². The first-order valence-corrected chi connectivity index (χ1v) is 6.12. The molecule has 0 saturated carbocycles. The van der Waals surface area contributed by atoms with Crippen LogP contribution in [-0.4, -0.2) is 56.8 Å². The first kappa shape index (κ1) is 12.2. The summed E-state index contributed by atoms with van der Waals surface area (Å²) in [5, 5.41) is 0. The van der Waals surface area contributed by atoms with Crippen molar-refractivity contribution in [2.24, 2.45) is 0 Å². The third-order valence-corrected chi connectivity index (χ3v) is 3.99. The average molecular weight is 231 g/mol. The van der Waals surface area contributed by atoms with Crippen molar-refractivity contribution in [3.05, 3.63) is 18.5 Å². The van der Waals surface area contributed by atoms with E-state index < -0.39 is 10.0 Å². The minimum Gasteiger partial charge on any atom is -0.366 e. The molecule has 0 aromatic carbocycles. The first-order valence-electron chi connectivity index (χ1n) is 4.68. The van der Waals surface area contributed by atoms with Crippen LogP contribution in [0.4, 0.5) is 0 Å². The maximum Gasteiger partial charge on any atom is 0.244 e. The number of sulfonamides is 1. The minimum absolute atomic E-state index is 0.309. The standard InChI is InChI=1S/C9H17N3O2S/c1-11(2)6-7-12(3)15(13,14)9-4-5-10-8-9/h4-5,8,10H,6-7H2,1-3H3. The average Bonchev–Trinajstić information content (AvgIpc) is 2.66. The van der Waals surface area contributed by atoms with Gasteiger partial charge >= 0.3 is 0 Å². The Kier molecular flexibility index (Phi) is 3.90. The molecule has 0 aliphatic rings. The van der Waals surface area contributed by atoms with Gasteiger partial charge in [-0.3, -0.25) is 0 Å². The van der Waals surface area contributed by atoms with Gasteiger partial charge in [0.05, 0.1) is 4.90 Å². The second-order valence-electron chi connectivity index (χ2n) is 3.68. The molecule has 0 bridgehead atoms. The van der Waals surface area contributed by atoms with E-state index in [1.807, 2.05) is 19.0 Å². The number of nitrogens with zero attached hydrogens (tertiary/aromatic N) is 2. The van der Waals surface area contributed by atoms with Crippen LogP contribution in [-0.2, 0) is 10.0 Å². The predicted octanol–water partition coefficient (Wildman–Crippen LogP) is 0.197. The van der Waals surface area contributed by atoms with E-state index >= 15 is 0 Å². The highest BCUT2D eigenvalue weighted by Gasteiger charge is 2.20. The van der Waals surface area contributed by atoms with Crippen LogP contribution in [0.1, 0.15) is 0 Å². The first-order chi connectivity index (χ1) is 6.94. The molecule has 1 N–H and O–H groups in total. The number of aromatic nitrogens is 1. The number of nitrogens with one attached hydrogen (secondary N) is 1. The molecule has 0 radical (unpaired) electrons. The van der Waals surface area contributed by atoms with Crippen molar-refractivity contribution in [3.63, 3.8) is 0 Å². The summed E-state index contributed by atoms with van der Waals surface area (Å²) >= 11 is 0. The molecule has 0 saturated heterocycles. The molecular formula is C9H17N3O2S. The molecule has 0 fully saturated rings. The topological polar surface area (TPSA) is 56.4 Å². The molecule has 15 heavy (non-hydrogen) atoms. The normalized spacial score (nSPS) is 12.6. The highest BCUT2D eigenvalue weighted by atomic mass is 32.2. The van der Waals surface area contributed by atoms with Gasteiger partial charge in [-0.25, -0.2) is 8.42 Å². The Morgan fingerprint density at radius 1 is 1.27 bits per heavy atom. The van der Waals surface area contributed by atoms with Crippen LogP contribution in [0.15, 0.2) is 23.4 Å². The SMILES string of the molecule is CN(C)CCN(C)S(=O)(=O)c1cc[nH]c1. The summed E-state index contributed by atoms with van der Waals surface area (Å²) in [7, 11) is 2.10. The maximum atomic E-state index is 11.9. The third-order valence-electron chi connectivity index (χ3n) is 2.14. The van der Waals surface area contributed by atoms with Gasteiger partial charge in [-0.2, -0.15) is 4.31 Å². The van der Waals surface area contributed by atoms with Crippen molar-refractivity contribution < 1.29 is 8.42 Å². The fourth-order valence-electron chi connectivity index (χ4n) is 1.11. The zero-order valence-corrected chi connectivity index (χ0v) is 10.1. The van der Waals surface area contributed by atoms with Crippen LogP contribution >= 0.6 is 0 Å². The van der Waals surface area contributed by atoms with E-state index in [1.54, 1.807) is 19.3 Å². The molecule has 1 rings (SSSR count). The summed E-state index contributed by atoms with van der Waals surface area (Å²) in [6.45, 7) is 1.20. The van der Waals surface area contributed by atoms with Crippen LogP contribution in [0, 0.1) is 0 Å². The van der Waals surface area contributed by atoms with Crippen LogP contribution in [0.2, 0.25) is 0 Å². The lowest BCUT2D eigenvalue weighted by Gasteiger charge is -2.18. The fraction of sp³-hybridized carbons (Fsp3) is 0.556. The van der Waals surface area contributed by atoms with E-state index in [0.717, 1.165) is 0 Å². The number of H-pyrrole nitrogens is 1. The highest BCUT2D eigenvalue weighted by molar-refractivity contribution is 7.89. The molecule has 5 nitrogen and oxygen atoms in total. The quantitative estimate of drug-likeness (QED) is 0.787. The molecule has 1 heterocycles. The van der Waals surface area contributed by atoms with E-state index in [1.165, 1.54) is 10.5 Å². The van der Waals surface area contributed by atoms with Gasteiger partial charge in [0.25, 0.3) is 0 Å². The zero-order valence-electron chi connectivity index (χ0n) is 9.27. The van der Waals surface area contributed by atoms with Gasteiger partial charge < -0.3 is 9.88 Å². The molecule has 0 atom stereocenters. The number of rotatable bonds is 5. The van der Waals surface area contributed by atoms with E-state index in [9.17, 15) is 8.42 Å². The van der Waals surface area contributed by atoms with Gasteiger partial charge in [-0.15, -0.1) is 0 Å². The zero-order chi connectivity index (χ0) is 11.5. The molecule has 1 aromatic heterocycles. The summed E-state index contributed by atoms with van der Waals surface area (Å²) in [5.74, 6) is 0. The van der Waals surface area contributed by atoms with Crippen LogP contribution < -0.4 is 0 Å². The number of likely N-dealkylation sites (N-methyl/N-ethyl adjacent to an activating group) is 2. The smallest absolute Gasteiger partial charge is 0.244 e. The minimum atomic E-state index is -3.32. The van der Waals surface area contributed by atoms with Crippen molar-refractivity contribution in [1.82, 2.24) is 14.2 Å². The lowest BCUT2D eigenvalue weighted by Crippen LogP contribution is -2.33. The van der Waals surface area contributed by atoms with Crippen molar-refractivity contribution in [1.29, 1.82) is 0 Å². The molecule has 0 spiro atoms. The van der Waals surface area contributed by atoms with Crippen molar-refractivity contribution in [3.8, 4) is 0 Å². The summed E-state index contributed by atoms with van der Waals surface area (Å²) in [5.41, 5.74) is 0. The summed E-state index contributed by atoms with van der Waals surface area (Å²) in [6.07, 6.45) is 3.09. The molecule has 1 aromatic rings. The van der Waals surface area contributed by atoms with Gasteiger partial charge in [0.1, 0.15) is 0 Å². The molecular weight excluding hydrogens is 214 g/mol.